The predicted molar refractivity (Wildman–Crippen MR) is 90.6 cm³/mol. The smallest absolute Gasteiger partial charge is 0.391 e. The monoisotopic (exact) mass is 368 g/mol. The Bertz CT molecular complexity index is 815. The number of anilines is 1. The number of piperidine rings is 1. The van der Waals surface area contributed by atoms with Gasteiger partial charge in [0.15, 0.2) is 0 Å². The maximum absolute atomic E-state index is 12.9. The fourth-order valence-corrected chi connectivity index (χ4v) is 3.22. The number of aromatic nitrogens is 1. The minimum atomic E-state index is -4.16. The van der Waals surface area contributed by atoms with E-state index < -0.39 is 18.1 Å². The molecule has 1 aliphatic heterocycles. The molecule has 1 aliphatic rings. The van der Waals surface area contributed by atoms with E-state index in [1.165, 1.54) is 14.2 Å². The van der Waals surface area contributed by atoms with E-state index >= 15 is 0 Å². The van der Waals surface area contributed by atoms with Crippen molar-refractivity contribution in [3.05, 3.63) is 29.8 Å². The minimum absolute atomic E-state index is 0.0319. The van der Waals surface area contributed by atoms with Crippen LogP contribution in [-0.4, -0.2) is 44.4 Å². The predicted octanol–water partition coefficient (Wildman–Crippen LogP) is 3.81. The molecule has 1 saturated heterocycles. The Morgan fingerprint density at radius 2 is 1.88 bits per heavy atom. The summed E-state index contributed by atoms with van der Waals surface area (Å²) in [4.78, 5) is 18.0. The van der Waals surface area contributed by atoms with Crippen molar-refractivity contribution in [3.63, 3.8) is 0 Å². The number of nitrogens with zero attached hydrogens (tertiary/aromatic N) is 2. The first-order chi connectivity index (χ1) is 12.3. The molecular weight excluding hydrogens is 349 g/mol. The highest BCUT2D eigenvalue weighted by molar-refractivity contribution is 5.99. The Balaban J connectivity index is 1.96. The number of carbonyl (C=O) groups is 1. The molecule has 0 spiro atoms. The number of hydrogen-bond acceptors (Lipinski definition) is 5. The van der Waals surface area contributed by atoms with Gasteiger partial charge in [-0.05, 0) is 36.4 Å². The summed E-state index contributed by atoms with van der Waals surface area (Å²) in [7, 11) is 2.77. The van der Waals surface area contributed by atoms with Gasteiger partial charge in [0.2, 0.25) is 5.88 Å². The summed E-state index contributed by atoms with van der Waals surface area (Å²) >= 11 is 0. The number of halogens is 3. The Kier molecular flexibility index (Phi) is 4.93. The van der Waals surface area contributed by atoms with Crippen LogP contribution in [0.25, 0.3) is 10.8 Å². The van der Waals surface area contributed by atoms with Gasteiger partial charge >= 0.3 is 12.1 Å². The van der Waals surface area contributed by atoms with E-state index in [0.29, 0.717) is 22.6 Å². The number of fused-ring (bicyclic) bond motifs is 1. The quantitative estimate of drug-likeness (QED) is 0.771. The van der Waals surface area contributed by atoms with Crippen LogP contribution >= 0.6 is 0 Å². The number of methoxy groups -OCH3 is 2. The zero-order valence-electron chi connectivity index (χ0n) is 14.5. The average Bonchev–Trinajstić information content (AvgIpc) is 2.65. The lowest BCUT2D eigenvalue weighted by atomic mass is 9.96. The summed E-state index contributed by atoms with van der Waals surface area (Å²) in [6, 6.07) is 6.71. The standard InChI is InChI=1S/C18H19F3N2O3/c1-25-15-10-12-9-11(17(24)26-2)3-4-14(12)16(22-15)23-7-5-13(6-8-23)18(19,20)21/h3-4,9-10,13H,5-8H2,1-2H3. The van der Waals surface area contributed by atoms with E-state index in [1.807, 2.05) is 4.90 Å². The normalized spacial score (nSPS) is 16.0. The highest BCUT2D eigenvalue weighted by atomic mass is 19.4. The van der Waals surface area contributed by atoms with Crippen molar-refractivity contribution in [1.82, 2.24) is 4.98 Å². The third-order valence-corrected chi connectivity index (χ3v) is 4.68. The molecule has 0 saturated carbocycles. The van der Waals surface area contributed by atoms with E-state index in [0.717, 1.165) is 5.39 Å². The van der Waals surface area contributed by atoms with Crippen molar-refractivity contribution >= 4 is 22.6 Å². The SMILES string of the molecule is COC(=O)c1ccc2c(N3CCC(C(F)(F)F)CC3)nc(OC)cc2c1. The second-order valence-electron chi connectivity index (χ2n) is 6.22. The largest absolute Gasteiger partial charge is 0.481 e. The first kappa shape index (κ1) is 18.3. The van der Waals surface area contributed by atoms with Crippen LogP contribution in [0.15, 0.2) is 24.3 Å². The first-order valence-corrected chi connectivity index (χ1v) is 8.22. The van der Waals surface area contributed by atoms with Crippen molar-refractivity contribution in [2.75, 3.05) is 32.2 Å². The van der Waals surface area contributed by atoms with Crippen LogP contribution in [0.3, 0.4) is 0 Å². The van der Waals surface area contributed by atoms with Crippen molar-refractivity contribution in [2.45, 2.75) is 19.0 Å². The number of ether oxygens (including phenoxy) is 2. The highest BCUT2D eigenvalue weighted by Crippen LogP contribution is 2.37. The lowest BCUT2D eigenvalue weighted by Crippen LogP contribution is -2.39. The molecule has 1 aromatic carbocycles. The number of pyridine rings is 1. The van der Waals surface area contributed by atoms with E-state index in [9.17, 15) is 18.0 Å². The number of alkyl halides is 3. The zero-order chi connectivity index (χ0) is 18.9. The van der Waals surface area contributed by atoms with Crippen LogP contribution in [0.5, 0.6) is 5.88 Å². The van der Waals surface area contributed by atoms with E-state index in [-0.39, 0.29) is 25.9 Å². The Morgan fingerprint density at radius 1 is 1.19 bits per heavy atom. The molecule has 0 atom stereocenters. The van der Waals surface area contributed by atoms with Gasteiger partial charge in [-0.1, -0.05) is 0 Å². The summed E-state index contributed by atoms with van der Waals surface area (Å²) in [5.41, 5.74) is 0.384. The van der Waals surface area contributed by atoms with Crippen LogP contribution in [-0.2, 0) is 4.74 Å². The van der Waals surface area contributed by atoms with Gasteiger partial charge in [-0.25, -0.2) is 4.79 Å². The molecule has 1 fully saturated rings. The van der Waals surface area contributed by atoms with Crippen molar-refractivity contribution in [1.29, 1.82) is 0 Å². The zero-order valence-corrected chi connectivity index (χ0v) is 14.5. The molecule has 0 radical (unpaired) electrons. The number of esters is 1. The molecule has 2 aromatic rings. The Labute approximate surface area is 148 Å². The maximum Gasteiger partial charge on any atom is 0.391 e. The summed E-state index contributed by atoms with van der Waals surface area (Å²) in [5, 5.41) is 1.47. The molecule has 5 nitrogen and oxygen atoms in total. The van der Waals surface area contributed by atoms with Crippen molar-refractivity contribution < 1.29 is 27.4 Å². The van der Waals surface area contributed by atoms with Gasteiger partial charge in [0, 0.05) is 24.5 Å². The third kappa shape index (κ3) is 3.54. The molecule has 0 aliphatic carbocycles. The lowest BCUT2D eigenvalue weighted by molar-refractivity contribution is -0.179. The van der Waals surface area contributed by atoms with Crippen molar-refractivity contribution in [3.8, 4) is 5.88 Å². The molecule has 8 heteroatoms. The van der Waals surface area contributed by atoms with Gasteiger partial charge in [-0.2, -0.15) is 18.2 Å². The van der Waals surface area contributed by atoms with Gasteiger partial charge in [0.1, 0.15) is 5.82 Å². The van der Waals surface area contributed by atoms with Crippen LogP contribution in [0.4, 0.5) is 19.0 Å². The van der Waals surface area contributed by atoms with Gasteiger partial charge in [-0.15, -0.1) is 0 Å². The third-order valence-electron chi connectivity index (χ3n) is 4.68. The van der Waals surface area contributed by atoms with E-state index in [2.05, 4.69) is 4.98 Å². The van der Waals surface area contributed by atoms with E-state index in [4.69, 9.17) is 9.47 Å². The lowest BCUT2D eigenvalue weighted by Gasteiger charge is -2.34. The van der Waals surface area contributed by atoms with Crippen LogP contribution in [0, 0.1) is 5.92 Å². The molecule has 0 N–H and O–H groups in total. The first-order valence-electron chi connectivity index (χ1n) is 8.22. The van der Waals surface area contributed by atoms with Crippen molar-refractivity contribution in [2.24, 2.45) is 5.92 Å². The number of carbonyl (C=O) groups excluding carboxylic acids is 1. The Morgan fingerprint density at radius 3 is 2.46 bits per heavy atom. The van der Waals surface area contributed by atoms with Gasteiger partial charge in [0.05, 0.1) is 25.7 Å². The summed E-state index contributed by atoms with van der Waals surface area (Å²) in [5.74, 6) is -0.833. The molecule has 26 heavy (non-hydrogen) atoms. The summed E-state index contributed by atoms with van der Waals surface area (Å²) in [6.07, 6.45) is -4.10. The molecule has 2 heterocycles. The highest BCUT2D eigenvalue weighted by Gasteiger charge is 2.41. The average molecular weight is 368 g/mol. The number of benzene rings is 1. The number of rotatable bonds is 3. The molecule has 140 valence electrons. The minimum Gasteiger partial charge on any atom is -0.481 e. The second kappa shape index (κ2) is 7.01. The summed E-state index contributed by atoms with van der Waals surface area (Å²) < 4.78 is 48.6. The molecule has 1 aromatic heterocycles. The van der Waals surface area contributed by atoms with Gasteiger partial charge in [0.25, 0.3) is 0 Å². The fraction of sp³-hybridized carbons (Fsp3) is 0.444. The fourth-order valence-electron chi connectivity index (χ4n) is 3.22. The van der Waals surface area contributed by atoms with Crippen LogP contribution in [0.2, 0.25) is 0 Å². The summed E-state index contributed by atoms with van der Waals surface area (Å²) in [6.45, 7) is 0.524. The second-order valence-corrected chi connectivity index (χ2v) is 6.22. The van der Waals surface area contributed by atoms with Gasteiger partial charge in [-0.3, -0.25) is 0 Å². The van der Waals surface area contributed by atoms with Crippen LogP contribution in [0.1, 0.15) is 23.2 Å². The molecule has 0 bridgehead atoms. The topological polar surface area (TPSA) is 51.7 Å². The van der Waals surface area contributed by atoms with Crippen LogP contribution < -0.4 is 9.64 Å². The Hall–Kier alpha value is -2.51. The molecule has 3 rings (SSSR count). The molecule has 0 unspecified atom stereocenters. The van der Waals surface area contributed by atoms with Gasteiger partial charge < -0.3 is 14.4 Å². The maximum atomic E-state index is 12.9. The molecule has 0 amide bonds. The van der Waals surface area contributed by atoms with E-state index in [1.54, 1.807) is 24.3 Å². The number of hydrogen-bond donors (Lipinski definition) is 0. The molecular formula is C18H19F3N2O3.